The summed E-state index contributed by atoms with van der Waals surface area (Å²) in [4.78, 5) is 0. The van der Waals surface area contributed by atoms with Crippen molar-refractivity contribution in [3.05, 3.63) is 88.0 Å². The van der Waals surface area contributed by atoms with E-state index in [9.17, 15) is 0 Å². The third kappa shape index (κ3) is 3.22. The van der Waals surface area contributed by atoms with Crippen LogP contribution in [0.15, 0.2) is 54.6 Å². The molecule has 132 valence electrons. The highest BCUT2D eigenvalue weighted by Gasteiger charge is 2.26. The number of hydrogen-bond donors (Lipinski definition) is 0. The van der Waals surface area contributed by atoms with Crippen molar-refractivity contribution in [2.45, 2.75) is 34.1 Å². The van der Waals surface area contributed by atoms with Gasteiger partial charge in [0.25, 0.3) is 0 Å². The van der Waals surface area contributed by atoms with Gasteiger partial charge in [-0.3, -0.25) is 0 Å². The molecular formula is C23H23O2P. The molecule has 0 spiro atoms. The molecule has 0 N–H and O–H groups in total. The second-order valence-electron chi connectivity index (χ2n) is 7.09. The Morgan fingerprint density at radius 2 is 1.19 bits per heavy atom. The summed E-state index contributed by atoms with van der Waals surface area (Å²) in [7, 11) is -1.24. The van der Waals surface area contributed by atoms with Gasteiger partial charge in [-0.15, -0.1) is 0 Å². The zero-order valence-electron chi connectivity index (χ0n) is 15.7. The molecule has 2 nitrogen and oxygen atoms in total. The fourth-order valence-electron chi connectivity index (χ4n) is 3.65. The van der Waals surface area contributed by atoms with Crippen LogP contribution in [0, 0.1) is 27.7 Å². The van der Waals surface area contributed by atoms with Crippen LogP contribution in [0.3, 0.4) is 0 Å². The van der Waals surface area contributed by atoms with Crippen LogP contribution in [0.25, 0.3) is 0 Å². The molecule has 1 aliphatic rings. The van der Waals surface area contributed by atoms with Crippen LogP contribution in [-0.2, 0) is 6.42 Å². The first-order chi connectivity index (χ1) is 12.5. The minimum absolute atomic E-state index is 0.827. The summed E-state index contributed by atoms with van der Waals surface area (Å²) < 4.78 is 13.0. The number of fused-ring (bicyclic) bond motifs is 2. The van der Waals surface area contributed by atoms with Crippen molar-refractivity contribution < 1.29 is 9.05 Å². The Balaban J connectivity index is 1.92. The summed E-state index contributed by atoms with van der Waals surface area (Å²) in [5.74, 6) is 1.94. The fourth-order valence-corrected chi connectivity index (χ4v) is 5.17. The molecule has 3 aromatic carbocycles. The van der Waals surface area contributed by atoms with Crippen molar-refractivity contribution in [2.75, 3.05) is 0 Å². The maximum absolute atomic E-state index is 6.49. The zero-order valence-corrected chi connectivity index (χ0v) is 16.6. The van der Waals surface area contributed by atoms with Gasteiger partial charge in [0.15, 0.2) is 0 Å². The monoisotopic (exact) mass is 362 g/mol. The summed E-state index contributed by atoms with van der Waals surface area (Å²) in [6, 6.07) is 19.1. The largest absolute Gasteiger partial charge is 0.435 e. The topological polar surface area (TPSA) is 18.5 Å². The lowest BCUT2D eigenvalue weighted by Gasteiger charge is -2.27. The van der Waals surface area contributed by atoms with Crippen LogP contribution >= 0.6 is 8.38 Å². The average Bonchev–Trinajstić information content (AvgIpc) is 2.58. The van der Waals surface area contributed by atoms with Gasteiger partial charge in [-0.1, -0.05) is 53.6 Å². The Morgan fingerprint density at radius 3 is 1.69 bits per heavy atom. The van der Waals surface area contributed by atoms with E-state index < -0.39 is 8.38 Å². The Labute approximate surface area is 156 Å². The van der Waals surface area contributed by atoms with Gasteiger partial charge in [-0.05, 0) is 62.1 Å². The minimum atomic E-state index is -1.24. The summed E-state index contributed by atoms with van der Waals surface area (Å²) in [6.07, 6.45) is 0.827. The lowest BCUT2D eigenvalue weighted by molar-refractivity contribution is 0.484. The average molecular weight is 362 g/mol. The molecule has 0 fully saturated rings. The Hall–Kier alpha value is -2.31. The van der Waals surface area contributed by atoms with Gasteiger partial charge in [0.1, 0.15) is 11.5 Å². The Bertz CT molecular complexity index is 904. The zero-order chi connectivity index (χ0) is 18.3. The summed E-state index contributed by atoms with van der Waals surface area (Å²) in [5.41, 5.74) is 7.34. The molecule has 3 heteroatoms. The fraction of sp³-hybridized carbons (Fsp3) is 0.217. The molecule has 1 aliphatic heterocycles. The van der Waals surface area contributed by atoms with E-state index in [1.807, 2.05) is 18.2 Å². The summed E-state index contributed by atoms with van der Waals surface area (Å²) in [5, 5.41) is 1.08. The predicted molar refractivity (Wildman–Crippen MR) is 109 cm³/mol. The van der Waals surface area contributed by atoms with E-state index in [2.05, 4.69) is 64.1 Å². The second kappa shape index (κ2) is 6.78. The van der Waals surface area contributed by atoms with Crippen LogP contribution in [-0.4, -0.2) is 0 Å². The quantitative estimate of drug-likeness (QED) is 0.500. The second-order valence-corrected chi connectivity index (χ2v) is 8.49. The van der Waals surface area contributed by atoms with E-state index in [1.165, 1.54) is 33.4 Å². The van der Waals surface area contributed by atoms with E-state index in [-0.39, 0.29) is 0 Å². The van der Waals surface area contributed by atoms with Crippen LogP contribution in [0.2, 0.25) is 0 Å². The van der Waals surface area contributed by atoms with Gasteiger partial charge in [0.2, 0.25) is 0 Å². The van der Waals surface area contributed by atoms with E-state index in [4.69, 9.17) is 9.05 Å². The van der Waals surface area contributed by atoms with Crippen molar-refractivity contribution in [3.8, 4) is 11.5 Å². The molecule has 0 radical (unpaired) electrons. The number of benzene rings is 3. The molecule has 0 unspecified atom stereocenters. The highest BCUT2D eigenvalue weighted by Crippen LogP contribution is 2.47. The maximum atomic E-state index is 6.49. The molecule has 0 bridgehead atoms. The van der Waals surface area contributed by atoms with Crippen LogP contribution in [0.5, 0.6) is 11.5 Å². The molecule has 0 amide bonds. The SMILES string of the molecule is Cc1cc(C)c2c(c1)Cc1cc(C)cc(C)c1OP(c1ccccc1)O2. The molecule has 0 aliphatic carbocycles. The molecule has 0 aromatic heterocycles. The predicted octanol–water partition coefficient (Wildman–Crippen LogP) is 5.92. The number of rotatable bonds is 1. The molecule has 0 atom stereocenters. The standard InChI is InChI=1S/C23H23O2P/c1-15-10-17(3)22-19(12-15)14-20-13-16(2)11-18(4)23(20)25-26(24-22)21-8-6-5-7-9-21/h5-13H,14H2,1-4H3. The summed E-state index contributed by atoms with van der Waals surface area (Å²) >= 11 is 0. The first-order valence-corrected chi connectivity index (χ1v) is 10.1. The third-order valence-electron chi connectivity index (χ3n) is 4.69. The summed E-state index contributed by atoms with van der Waals surface area (Å²) in [6.45, 7) is 8.53. The van der Waals surface area contributed by atoms with Crippen molar-refractivity contribution in [2.24, 2.45) is 0 Å². The van der Waals surface area contributed by atoms with Gasteiger partial charge in [-0.25, -0.2) is 0 Å². The number of aryl methyl sites for hydroxylation is 4. The smallest absolute Gasteiger partial charge is 0.326 e. The van der Waals surface area contributed by atoms with Crippen LogP contribution < -0.4 is 14.4 Å². The van der Waals surface area contributed by atoms with E-state index in [0.29, 0.717) is 0 Å². The Morgan fingerprint density at radius 1 is 0.692 bits per heavy atom. The Kier molecular flexibility index (Phi) is 4.46. The highest BCUT2D eigenvalue weighted by molar-refractivity contribution is 7.56. The van der Waals surface area contributed by atoms with Gasteiger partial charge in [-0.2, -0.15) is 0 Å². The van der Waals surface area contributed by atoms with E-state index in [1.54, 1.807) is 0 Å². The van der Waals surface area contributed by atoms with Crippen LogP contribution in [0.1, 0.15) is 33.4 Å². The minimum Gasteiger partial charge on any atom is -0.435 e. The van der Waals surface area contributed by atoms with Crippen molar-refractivity contribution in [3.63, 3.8) is 0 Å². The van der Waals surface area contributed by atoms with Crippen molar-refractivity contribution >= 4 is 13.7 Å². The van der Waals surface area contributed by atoms with Gasteiger partial charge >= 0.3 is 8.38 Å². The van der Waals surface area contributed by atoms with Crippen molar-refractivity contribution in [1.82, 2.24) is 0 Å². The van der Waals surface area contributed by atoms with Gasteiger partial charge in [0, 0.05) is 6.42 Å². The van der Waals surface area contributed by atoms with E-state index >= 15 is 0 Å². The molecular weight excluding hydrogens is 339 g/mol. The first-order valence-electron chi connectivity index (χ1n) is 8.92. The molecule has 26 heavy (non-hydrogen) atoms. The van der Waals surface area contributed by atoms with Crippen LogP contribution in [0.4, 0.5) is 0 Å². The molecule has 4 rings (SSSR count). The lowest BCUT2D eigenvalue weighted by Crippen LogP contribution is -2.14. The molecule has 1 heterocycles. The normalized spacial score (nSPS) is 13.7. The highest BCUT2D eigenvalue weighted by atomic mass is 31.2. The molecule has 0 saturated heterocycles. The third-order valence-corrected chi connectivity index (χ3v) is 6.10. The molecule has 0 saturated carbocycles. The molecule has 3 aromatic rings. The number of hydrogen-bond acceptors (Lipinski definition) is 2. The lowest BCUT2D eigenvalue weighted by atomic mass is 9.96. The van der Waals surface area contributed by atoms with Gasteiger partial charge in [0.05, 0.1) is 5.30 Å². The first kappa shape index (κ1) is 17.1. The maximum Gasteiger partial charge on any atom is 0.326 e. The van der Waals surface area contributed by atoms with E-state index in [0.717, 1.165) is 23.2 Å². The van der Waals surface area contributed by atoms with Crippen molar-refractivity contribution in [1.29, 1.82) is 0 Å². The van der Waals surface area contributed by atoms with Gasteiger partial charge < -0.3 is 9.05 Å².